The Kier molecular flexibility index (Phi) is 4.77. The first-order valence-corrected chi connectivity index (χ1v) is 6.68. The molecule has 1 aliphatic carbocycles. The summed E-state index contributed by atoms with van der Waals surface area (Å²) in [6.07, 6.45) is 2.18. The van der Waals surface area contributed by atoms with Crippen LogP contribution in [0.5, 0.6) is 0 Å². The Morgan fingerprint density at radius 1 is 1.32 bits per heavy atom. The average Bonchev–Trinajstić information content (AvgIpc) is 2.18. The summed E-state index contributed by atoms with van der Waals surface area (Å²) in [7, 11) is 0. The Bertz CT molecular complexity index is 389. The third-order valence-electron chi connectivity index (χ3n) is 3.15. The van der Waals surface area contributed by atoms with Gasteiger partial charge in [-0.1, -0.05) is 13.0 Å². The number of carbonyl (C=O) groups excluding carboxylic acids is 2. The van der Waals surface area contributed by atoms with Crippen molar-refractivity contribution in [2.24, 2.45) is 11.8 Å². The Morgan fingerprint density at radius 3 is 2.37 bits per heavy atom. The lowest BCUT2D eigenvalue weighted by atomic mass is 9.80. The van der Waals surface area contributed by atoms with Crippen LogP contribution in [0.25, 0.3) is 0 Å². The fraction of sp³-hybridized carbons (Fsp3) is 0.733. The highest BCUT2D eigenvalue weighted by atomic mass is 16.6. The third kappa shape index (κ3) is 4.69. The van der Waals surface area contributed by atoms with Crippen molar-refractivity contribution >= 4 is 11.9 Å². The van der Waals surface area contributed by atoms with Gasteiger partial charge >= 0.3 is 11.9 Å². The van der Waals surface area contributed by atoms with Gasteiger partial charge in [-0.25, -0.2) is 0 Å². The highest BCUT2D eigenvalue weighted by molar-refractivity contribution is 5.74. The minimum atomic E-state index is -0.496. The lowest BCUT2D eigenvalue weighted by molar-refractivity contribution is -0.164. The highest BCUT2D eigenvalue weighted by Gasteiger charge is 2.36. The van der Waals surface area contributed by atoms with Gasteiger partial charge in [0.25, 0.3) is 0 Å². The topological polar surface area (TPSA) is 52.6 Å². The predicted octanol–water partition coefficient (Wildman–Crippen LogP) is 2.86. The molecule has 0 saturated heterocycles. The predicted molar refractivity (Wildman–Crippen MR) is 72.4 cm³/mol. The molecule has 0 unspecified atom stereocenters. The molecule has 4 nitrogen and oxygen atoms in total. The minimum absolute atomic E-state index is 0.0988. The van der Waals surface area contributed by atoms with Crippen LogP contribution in [0.15, 0.2) is 11.6 Å². The van der Waals surface area contributed by atoms with Gasteiger partial charge in [0.15, 0.2) is 0 Å². The summed E-state index contributed by atoms with van der Waals surface area (Å²) in [5, 5.41) is 0. The van der Waals surface area contributed by atoms with Gasteiger partial charge in [-0.2, -0.15) is 0 Å². The van der Waals surface area contributed by atoms with E-state index in [-0.39, 0.29) is 29.9 Å². The van der Waals surface area contributed by atoms with E-state index in [0.717, 1.165) is 5.57 Å². The maximum atomic E-state index is 12.2. The second-order valence-electron chi connectivity index (χ2n) is 6.24. The third-order valence-corrected chi connectivity index (χ3v) is 3.15. The van der Waals surface area contributed by atoms with Crippen LogP contribution in [0.1, 0.15) is 48.0 Å². The van der Waals surface area contributed by atoms with E-state index >= 15 is 0 Å². The average molecular weight is 268 g/mol. The standard InChI is InChI=1S/C15H24O4/c1-9-7-10(2)13(18-11(3)16)8-12(9)14(17)19-15(4,5)6/h7,9,12-13H,8H2,1-6H3/t9-,12+,13-/m0/s1. The molecule has 108 valence electrons. The van der Waals surface area contributed by atoms with Gasteiger partial charge in [-0.05, 0) is 39.2 Å². The number of rotatable bonds is 2. The molecule has 0 aromatic carbocycles. The molecular formula is C15H24O4. The van der Waals surface area contributed by atoms with Crippen LogP contribution in [-0.2, 0) is 19.1 Å². The molecule has 0 aromatic rings. The molecule has 0 heterocycles. The zero-order valence-electron chi connectivity index (χ0n) is 12.6. The number of allylic oxidation sites excluding steroid dienone is 1. The second kappa shape index (κ2) is 5.76. The molecule has 0 spiro atoms. The van der Waals surface area contributed by atoms with Gasteiger partial charge in [0.05, 0.1) is 5.92 Å². The largest absolute Gasteiger partial charge is 0.460 e. The Morgan fingerprint density at radius 2 is 1.89 bits per heavy atom. The van der Waals surface area contributed by atoms with E-state index in [1.54, 1.807) is 0 Å². The van der Waals surface area contributed by atoms with Gasteiger partial charge in [0.1, 0.15) is 11.7 Å². The molecule has 0 aromatic heterocycles. The lowest BCUT2D eigenvalue weighted by Gasteiger charge is -2.33. The maximum Gasteiger partial charge on any atom is 0.310 e. The molecule has 0 fully saturated rings. The van der Waals surface area contributed by atoms with E-state index in [0.29, 0.717) is 6.42 Å². The Balaban J connectivity index is 2.80. The molecule has 3 atom stereocenters. The second-order valence-corrected chi connectivity index (χ2v) is 6.24. The van der Waals surface area contributed by atoms with E-state index < -0.39 is 5.60 Å². The number of carbonyl (C=O) groups is 2. The number of esters is 2. The van der Waals surface area contributed by atoms with Crippen LogP contribution >= 0.6 is 0 Å². The SMILES string of the molecule is CC(=O)O[C@H]1C[C@@H](C(=O)OC(C)(C)C)[C@@H](C)C=C1C. The molecule has 0 aliphatic heterocycles. The monoisotopic (exact) mass is 268 g/mol. The van der Waals surface area contributed by atoms with Gasteiger partial charge in [-0.15, -0.1) is 0 Å². The van der Waals surface area contributed by atoms with Crippen LogP contribution in [0, 0.1) is 11.8 Å². The normalized spacial score (nSPS) is 27.5. The molecule has 0 bridgehead atoms. The first-order valence-electron chi connectivity index (χ1n) is 6.68. The van der Waals surface area contributed by atoms with E-state index in [2.05, 4.69) is 0 Å². The van der Waals surface area contributed by atoms with Crippen molar-refractivity contribution in [2.45, 2.75) is 59.7 Å². The summed E-state index contributed by atoms with van der Waals surface area (Å²) in [6, 6.07) is 0. The van der Waals surface area contributed by atoms with Gasteiger partial charge in [0, 0.05) is 13.3 Å². The van der Waals surface area contributed by atoms with Crippen molar-refractivity contribution in [1.82, 2.24) is 0 Å². The molecule has 0 amide bonds. The lowest BCUT2D eigenvalue weighted by Crippen LogP contribution is -2.37. The van der Waals surface area contributed by atoms with Crippen molar-refractivity contribution < 1.29 is 19.1 Å². The first kappa shape index (κ1) is 15.7. The molecule has 0 N–H and O–H groups in total. The van der Waals surface area contributed by atoms with E-state index in [1.807, 2.05) is 40.7 Å². The Hall–Kier alpha value is -1.32. The zero-order chi connectivity index (χ0) is 14.8. The van der Waals surface area contributed by atoms with Crippen LogP contribution in [0.3, 0.4) is 0 Å². The maximum absolute atomic E-state index is 12.2. The van der Waals surface area contributed by atoms with Crippen LogP contribution in [-0.4, -0.2) is 23.6 Å². The fourth-order valence-electron chi connectivity index (χ4n) is 2.30. The summed E-state index contributed by atoms with van der Waals surface area (Å²) in [5.41, 5.74) is 0.506. The zero-order valence-corrected chi connectivity index (χ0v) is 12.6. The summed E-state index contributed by atoms with van der Waals surface area (Å²) in [6.45, 7) is 10.8. The smallest absolute Gasteiger partial charge is 0.310 e. The van der Waals surface area contributed by atoms with Crippen molar-refractivity contribution in [1.29, 1.82) is 0 Å². The van der Waals surface area contributed by atoms with E-state index in [9.17, 15) is 9.59 Å². The molecule has 4 heteroatoms. The van der Waals surface area contributed by atoms with Crippen LogP contribution < -0.4 is 0 Å². The number of ether oxygens (including phenoxy) is 2. The van der Waals surface area contributed by atoms with Crippen molar-refractivity contribution in [3.05, 3.63) is 11.6 Å². The van der Waals surface area contributed by atoms with Gasteiger partial charge < -0.3 is 9.47 Å². The molecule has 1 aliphatic rings. The summed E-state index contributed by atoms with van der Waals surface area (Å²) >= 11 is 0. The van der Waals surface area contributed by atoms with E-state index in [4.69, 9.17) is 9.47 Å². The summed E-state index contributed by atoms with van der Waals surface area (Å²) < 4.78 is 10.7. The van der Waals surface area contributed by atoms with Crippen LogP contribution in [0.4, 0.5) is 0 Å². The van der Waals surface area contributed by atoms with Crippen LogP contribution in [0.2, 0.25) is 0 Å². The molecule has 19 heavy (non-hydrogen) atoms. The summed E-state index contributed by atoms with van der Waals surface area (Å²) in [5.74, 6) is -0.704. The minimum Gasteiger partial charge on any atom is -0.460 e. The van der Waals surface area contributed by atoms with Gasteiger partial charge in [0.2, 0.25) is 0 Å². The van der Waals surface area contributed by atoms with Gasteiger partial charge in [-0.3, -0.25) is 9.59 Å². The molecule has 0 radical (unpaired) electrons. The Labute approximate surface area is 115 Å². The molecular weight excluding hydrogens is 244 g/mol. The van der Waals surface area contributed by atoms with Crippen molar-refractivity contribution in [3.8, 4) is 0 Å². The van der Waals surface area contributed by atoms with E-state index in [1.165, 1.54) is 6.92 Å². The fourth-order valence-corrected chi connectivity index (χ4v) is 2.30. The number of hydrogen-bond acceptors (Lipinski definition) is 4. The number of hydrogen-bond donors (Lipinski definition) is 0. The van der Waals surface area contributed by atoms with Crippen molar-refractivity contribution in [3.63, 3.8) is 0 Å². The first-order chi connectivity index (χ1) is 8.60. The highest BCUT2D eigenvalue weighted by Crippen LogP contribution is 2.32. The molecule has 0 saturated carbocycles. The van der Waals surface area contributed by atoms with Crippen molar-refractivity contribution in [2.75, 3.05) is 0 Å². The summed E-state index contributed by atoms with van der Waals surface area (Å²) in [4.78, 5) is 23.2. The molecule has 1 rings (SSSR count). The quantitative estimate of drug-likeness (QED) is 0.571.